The average Bonchev–Trinajstić information content (AvgIpc) is 3.28. The van der Waals surface area contributed by atoms with Crippen molar-refractivity contribution in [2.24, 2.45) is 7.05 Å². The minimum absolute atomic E-state index is 0.238. The highest BCUT2D eigenvalue weighted by Crippen LogP contribution is 2.21. The number of hydrogen-bond donors (Lipinski definition) is 0. The van der Waals surface area contributed by atoms with Crippen molar-refractivity contribution >= 4 is 11.5 Å². The van der Waals surface area contributed by atoms with Crippen LogP contribution >= 0.6 is 0 Å². The third-order valence-electron chi connectivity index (χ3n) is 4.44. The Kier molecular flexibility index (Phi) is 4.49. The first-order chi connectivity index (χ1) is 13.1. The fraction of sp³-hybridized carbons (Fsp3) is 0.278. The minimum atomic E-state index is -0.238. The summed E-state index contributed by atoms with van der Waals surface area (Å²) in [7, 11) is 3.89. The molecule has 0 fully saturated rings. The second kappa shape index (κ2) is 7.10. The lowest BCUT2D eigenvalue weighted by molar-refractivity contribution is 0.628. The van der Waals surface area contributed by atoms with Crippen LogP contribution in [-0.4, -0.2) is 48.6 Å². The Hall–Kier alpha value is -3.36. The van der Waals surface area contributed by atoms with E-state index < -0.39 is 0 Å². The third kappa shape index (κ3) is 3.62. The maximum Gasteiger partial charge on any atom is 0.200 e. The van der Waals surface area contributed by atoms with Gasteiger partial charge in [0.15, 0.2) is 11.5 Å². The maximum absolute atomic E-state index is 13.1. The van der Waals surface area contributed by atoms with Gasteiger partial charge >= 0.3 is 0 Å². The monoisotopic (exact) mass is 366 g/mol. The molecule has 138 valence electrons. The molecule has 3 aromatic heterocycles. The van der Waals surface area contributed by atoms with Crippen LogP contribution in [0, 0.1) is 5.82 Å². The Balaban J connectivity index is 1.38. The largest absolute Gasteiger partial charge is 0.358 e. The molecule has 4 aromatic rings. The summed E-state index contributed by atoms with van der Waals surface area (Å²) in [6.07, 6.45) is 1.76. The van der Waals surface area contributed by atoms with Gasteiger partial charge in [0.25, 0.3) is 0 Å². The van der Waals surface area contributed by atoms with Gasteiger partial charge in [-0.05, 0) is 71.3 Å². The van der Waals surface area contributed by atoms with Crippen LogP contribution in [-0.2, 0) is 13.5 Å². The molecule has 0 radical (unpaired) electrons. The smallest absolute Gasteiger partial charge is 0.200 e. The zero-order valence-corrected chi connectivity index (χ0v) is 15.1. The molecule has 8 nitrogen and oxygen atoms in total. The van der Waals surface area contributed by atoms with Gasteiger partial charge in [0.2, 0.25) is 0 Å². The van der Waals surface area contributed by atoms with Gasteiger partial charge in [-0.3, -0.25) is 4.68 Å². The van der Waals surface area contributed by atoms with E-state index in [0.29, 0.717) is 5.65 Å². The predicted octanol–water partition coefficient (Wildman–Crippen LogP) is 2.13. The first-order valence-corrected chi connectivity index (χ1v) is 8.65. The lowest BCUT2D eigenvalue weighted by Crippen LogP contribution is -2.21. The van der Waals surface area contributed by atoms with Crippen molar-refractivity contribution in [2.75, 3.05) is 18.5 Å². The fourth-order valence-electron chi connectivity index (χ4n) is 3.00. The van der Waals surface area contributed by atoms with Crippen LogP contribution < -0.4 is 4.90 Å². The van der Waals surface area contributed by atoms with E-state index in [4.69, 9.17) is 0 Å². The van der Waals surface area contributed by atoms with E-state index in [1.54, 1.807) is 12.1 Å². The molecule has 1 aromatic carbocycles. The Bertz CT molecular complexity index is 1050. The standard InChI is InChI=1S/C18H19FN8/c1-25(18-10-9-17-20-23-24-27(17)22-18)11-3-4-15-12-16(26(2)21-15)13-5-7-14(19)8-6-13/h5-10,12H,3-4,11H2,1-2H3. The zero-order chi connectivity index (χ0) is 18.8. The number of tetrazole rings is 1. The van der Waals surface area contributed by atoms with E-state index in [0.717, 1.165) is 42.2 Å². The van der Waals surface area contributed by atoms with E-state index in [1.807, 2.05) is 30.9 Å². The molecule has 0 unspecified atom stereocenters. The molecule has 0 saturated carbocycles. The highest BCUT2D eigenvalue weighted by molar-refractivity contribution is 5.59. The zero-order valence-electron chi connectivity index (χ0n) is 15.1. The van der Waals surface area contributed by atoms with Gasteiger partial charge in [0.1, 0.15) is 5.82 Å². The van der Waals surface area contributed by atoms with Gasteiger partial charge in [0.05, 0.1) is 11.4 Å². The molecule has 0 amide bonds. The molecule has 0 spiro atoms. The van der Waals surface area contributed by atoms with Crippen LogP contribution in [0.15, 0.2) is 42.5 Å². The van der Waals surface area contributed by atoms with E-state index in [-0.39, 0.29) is 5.82 Å². The lowest BCUT2D eigenvalue weighted by Gasteiger charge is -2.17. The van der Waals surface area contributed by atoms with Crippen LogP contribution in [0.25, 0.3) is 16.9 Å². The number of benzene rings is 1. The topological polar surface area (TPSA) is 77.0 Å². The molecule has 0 bridgehead atoms. The van der Waals surface area contributed by atoms with Crippen molar-refractivity contribution in [1.29, 1.82) is 0 Å². The first-order valence-electron chi connectivity index (χ1n) is 8.65. The number of fused-ring (bicyclic) bond motifs is 1. The van der Waals surface area contributed by atoms with E-state index in [2.05, 4.69) is 36.7 Å². The average molecular weight is 366 g/mol. The number of halogens is 1. The van der Waals surface area contributed by atoms with Crippen molar-refractivity contribution in [3.8, 4) is 11.3 Å². The Morgan fingerprint density at radius 2 is 1.89 bits per heavy atom. The molecule has 4 rings (SSSR count). The molecule has 9 heteroatoms. The highest BCUT2D eigenvalue weighted by Gasteiger charge is 2.09. The highest BCUT2D eigenvalue weighted by atomic mass is 19.1. The Labute approximate surface area is 155 Å². The van der Waals surface area contributed by atoms with Crippen molar-refractivity contribution in [2.45, 2.75) is 12.8 Å². The number of anilines is 1. The first kappa shape index (κ1) is 17.1. The summed E-state index contributed by atoms with van der Waals surface area (Å²) in [6.45, 7) is 0.823. The van der Waals surface area contributed by atoms with Crippen LogP contribution in [0.1, 0.15) is 12.1 Å². The van der Waals surface area contributed by atoms with Crippen molar-refractivity contribution in [3.05, 3.63) is 54.0 Å². The van der Waals surface area contributed by atoms with Crippen LogP contribution in [0.4, 0.5) is 10.2 Å². The molecule has 0 saturated heterocycles. The quantitative estimate of drug-likeness (QED) is 0.520. The molecule has 27 heavy (non-hydrogen) atoms. The number of rotatable bonds is 6. The molecule has 0 aliphatic carbocycles. The summed E-state index contributed by atoms with van der Waals surface area (Å²) in [5.41, 5.74) is 3.56. The third-order valence-corrected chi connectivity index (χ3v) is 4.44. The molecule has 0 atom stereocenters. The van der Waals surface area contributed by atoms with E-state index in [9.17, 15) is 4.39 Å². The van der Waals surface area contributed by atoms with E-state index in [1.165, 1.54) is 16.8 Å². The van der Waals surface area contributed by atoms with Crippen LogP contribution in [0.5, 0.6) is 0 Å². The normalized spacial score (nSPS) is 11.2. The predicted molar refractivity (Wildman–Crippen MR) is 98.8 cm³/mol. The van der Waals surface area contributed by atoms with E-state index >= 15 is 0 Å². The molecular formula is C18H19FN8. The van der Waals surface area contributed by atoms with Gasteiger partial charge in [-0.2, -0.15) is 5.10 Å². The number of aromatic nitrogens is 7. The number of nitrogens with zero attached hydrogens (tertiary/aromatic N) is 8. The summed E-state index contributed by atoms with van der Waals surface area (Å²) in [6, 6.07) is 12.3. The Morgan fingerprint density at radius 3 is 2.70 bits per heavy atom. The minimum Gasteiger partial charge on any atom is -0.358 e. The van der Waals surface area contributed by atoms with Gasteiger partial charge in [-0.15, -0.1) is 14.8 Å². The van der Waals surface area contributed by atoms with Crippen molar-refractivity contribution < 1.29 is 4.39 Å². The number of aryl methyl sites for hydroxylation is 2. The van der Waals surface area contributed by atoms with Gasteiger partial charge in [-0.1, -0.05) is 0 Å². The van der Waals surface area contributed by atoms with Gasteiger partial charge in [-0.25, -0.2) is 4.39 Å². The van der Waals surface area contributed by atoms with Gasteiger partial charge < -0.3 is 4.90 Å². The van der Waals surface area contributed by atoms with Gasteiger partial charge in [0, 0.05) is 20.6 Å². The molecule has 3 heterocycles. The molecule has 0 N–H and O–H groups in total. The number of hydrogen-bond acceptors (Lipinski definition) is 6. The second-order valence-corrected chi connectivity index (χ2v) is 6.39. The van der Waals surface area contributed by atoms with Crippen molar-refractivity contribution in [3.63, 3.8) is 0 Å². The maximum atomic E-state index is 13.1. The summed E-state index contributed by atoms with van der Waals surface area (Å²) in [4.78, 5) is 2.06. The summed E-state index contributed by atoms with van der Waals surface area (Å²) in [5.74, 6) is 0.570. The second-order valence-electron chi connectivity index (χ2n) is 6.39. The van der Waals surface area contributed by atoms with Crippen molar-refractivity contribution in [1.82, 2.24) is 35.0 Å². The fourth-order valence-corrected chi connectivity index (χ4v) is 3.00. The van der Waals surface area contributed by atoms with Crippen LogP contribution in [0.3, 0.4) is 0 Å². The SMILES string of the molecule is CN(CCCc1cc(-c2ccc(F)cc2)n(C)n1)c1ccc2nnnn2n1. The lowest BCUT2D eigenvalue weighted by atomic mass is 10.1. The molecule has 0 aliphatic heterocycles. The summed E-state index contributed by atoms with van der Waals surface area (Å²) in [5, 5.41) is 20.2. The molecule has 0 aliphatic rings. The summed E-state index contributed by atoms with van der Waals surface area (Å²) < 4.78 is 16.4. The van der Waals surface area contributed by atoms with Crippen LogP contribution in [0.2, 0.25) is 0 Å². The summed E-state index contributed by atoms with van der Waals surface area (Å²) >= 11 is 0. The molecular weight excluding hydrogens is 347 g/mol. The Morgan fingerprint density at radius 1 is 1.07 bits per heavy atom.